The summed E-state index contributed by atoms with van der Waals surface area (Å²) >= 11 is 3.62. The van der Waals surface area contributed by atoms with E-state index in [0.717, 1.165) is 0 Å². The summed E-state index contributed by atoms with van der Waals surface area (Å²) < 4.78 is 1.40. The van der Waals surface area contributed by atoms with Crippen LogP contribution in [0.2, 0.25) is 0 Å². The molecule has 0 aliphatic heterocycles. The molecule has 0 unspecified atom stereocenters. The van der Waals surface area contributed by atoms with Gasteiger partial charge in [0.1, 0.15) is 0 Å². The smallest absolute Gasteiger partial charge is 0.0794 e. The normalized spacial score (nSPS) is 12.0. The van der Waals surface area contributed by atoms with Crippen molar-refractivity contribution in [2.75, 3.05) is 31.5 Å². The molecule has 0 aliphatic carbocycles. The molecule has 0 saturated heterocycles. The van der Waals surface area contributed by atoms with Crippen molar-refractivity contribution in [1.29, 1.82) is 0 Å². The molecule has 0 N–H and O–H groups in total. The first-order valence-electron chi connectivity index (χ1n) is 8.65. The highest BCUT2D eigenvalue weighted by Crippen LogP contribution is 2.17. The largest absolute Gasteiger partial charge is 0.324 e. The molecule has 0 spiro atoms. The van der Waals surface area contributed by atoms with Crippen LogP contribution in [0.5, 0.6) is 0 Å². The van der Waals surface area contributed by atoms with Gasteiger partial charge in [-0.05, 0) is 25.7 Å². The van der Waals surface area contributed by atoms with E-state index in [2.05, 4.69) is 36.7 Å². The summed E-state index contributed by atoms with van der Waals surface area (Å²) in [6, 6.07) is 0. The molecular weight excluding hydrogens is 298 g/mol. The average molecular weight is 335 g/mol. The van der Waals surface area contributed by atoms with Crippen LogP contribution in [0.25, 0.3) is 0 Å². The lowest BCUT2D eigenvalue weighted by Crippen LogP contribution is -2.50. The van der Waals surface area contributed by atoms with Crippen LogP contribution in [0.15, 0.2) is 0 Å². The van der Waals surface area contributed by atoms with Gasteiger partial charge in [0.15, 0.2) is 0 Å². The quantitative estimate of drug-likeness (QED) is 0.215. The maximum atomic E-state index is 3.62. The summed E-state index contributed by atoms with van der Waals surface area (Å²) in [5.41, 5.74) is 0. The summed E-state index contributed by atoms with van der Waals surface area (Å²) in [7, 11) is 0. The molecule has 116 valence electrons. The van der Waals surface area contributed by atoms with Gasteiger partial charge in [-0.15, -0.1) is 0 Å². The fraction of sp³-hybridized carbons (Fsp3) is 1.00. The van der Waals surface area contributed by atoms with Crippen LogP contribution in [0, 0.1) is 0 Å². The van der Waals surface area contributed by atoms with Crippen molar-refractivity contribution in [2.24, 2.45) is 0 Å². The summed E-state index contributed by atoms with van der Waals surface area (Å²) in [6.45, 7) is 12.6. The third kappa shape index (κ3) is 9.90. The van der Waals surface area contributed by atoms with E-state index in [1.54, 1.807) is 0 Å². The standard InChI is InChI=1S/C17H37BrN/c1-4-7-10-11-16-19(14-8-5-2,15-9-6-3)17-12-13-18/h4-17H2,1-3H3/q+1. The van der Waals surface area contributed by atoms with Crippen LogP contribution in [0.3, 0.4) is 0 Å². The number of rotatable bonds is 14. The Bertz CT molecular complexity index is 160. The Labute approximate surface area is 130 Å². The molecule has 0 aromatic carbocycles. The van der Waals surface area contributed by atoms with Crippen LogP contribution >= 0.6 is 15.9 Å². The summed E-state index contributed by atoms with van der Waals surface area (Å²) in [4.78, 5) is 0. The van der Waals surface area contributed by atoms with Crippen LogP contribution < -0.4 is 0 Å². The number of halogens is 1. The predicted octanol–water partition coefficient (Wildman–Crippen LogP) is 5.77. The van der Waals surface area contributed by atoms with E-state index >= 15 is 0 Å². The minimum atomic E-state index is 1.17. The highest BCUT2D eigenvalue weighted by molar-refractivity contribution is 9.09. The van der Waals surface area contributed by atoms with E-state index in [-0.39, 0.29) is 0 Å². The fourth-order valence-corrected chi connectivity index (χ4v) is 3.18. The number of hydrogen-bond donors (Lipinski definition) is 0. The van der Waals surface area contributed by atoms with Gasteiger partial charge in [0.2, 0.25) is 0 Å². The number of quaternary nitrogens is 1. The van der Waals surface area contributed by atoms with E-state index in [9.17, 15) is 0 Å². The van der Waals surface area contributed by atoms with E-state index < -0.39 is 0 Å². The van der Waals surface area contributed by atoms with Crippen molar-refractivity contribution in [2.45, 2.75) is 78.6 Å². The highest BCUT2D eigenvalue weighted by atomic mass is 79.9. The number of hydrogen-bond acceptors (Lipinski definition) is 0. The zero-order valence-electron chi connectivity index (χ0n) is 13.7. The molecule has 0 heterocycles. The van der Waals surface area contributed by atoms with Crippen LogP contribution in [0.4, 0.5) is 0 Å². The summed E-state index contributed by atoms with van der Waals surface area (Å²) in [5.74, 6) is 0. The van der Waals surface area contributed by atoms with E-state index in [0.29, 0.717) is 0 Å². The van der Waals surface area contributed by atoms with Crippen molar-refractivity contribution in [3.05, 3.63) is 0 Å². The Balaban J connectivity index is 4.38. The molecule has 0 amide bonds. The first-order chi connectivity index (χ1) is 9.24. The van der Waals surface area contributed by atoms with E-state index in [1.165, 1.54) is 93.8 Å². The van der Waals surface area contributed by atoms with Gasteiger partial charge in [-0.3, -0.25) is 0 Å². The fourth-order valence-electron chi connectivity index (χ4n) is 2.93. The van der Waals surface area contributed by atoms with Crippen molar-refractivity contribution in [3.8, 4) is 0 Å². The Morgan fingerprint density at radius 1 is 0.579 bits per heavy atom. The van der Waals surface area contributed by atoms with Gasteiger partial charge in [-0.1, -0.05) is 62.4 Å². The molecule has 0 aliphatic rings. The van der Waals surface area contributed by atoms with Gasteiger partial charge in [0.05, 0.1) is 26.2 Å². The second kappa shape index (κ2) is 13.4. The van der Waals surface area contributed by atoms with Gasteiger partial charge < -0.3 is 4.48 Å². The molecule has 0 radical (unpaired) electrons. The third-order valence-electron chi connectivity index (χ3n) is 4.22. The monoisotopic (exact) mass is 334 g/mol. The molecule has 0 aromatic heterocycles. The number of unbranched alkanes of at least 4 members (excludes halogenated alkanes) is 5. The van der Waals surface area contributed by atoms with Gasteiger partial charge in [0, 0.05) is 11.8 Å². The Morgan fingerprint density at radius 3 is 1.53 bits per heavy atom. The molecular formula is C17H37BrN+. The lowest BCUT2D eigenvalue weighted by Gasteiger charge is -2.39. The highest BCUT2D eigenvalue weighted by Gasteiger charge is 2.24. The van der Waals surface area contributed by atoms with Gasteiger partial charge in [0.25, 0.3) is 0 Å². The molecule has 0 fully saturated rings. The molecule has 0 rings (SSSR count). The Morgan fingerprint density at radius 2 is 1.05 bits per heavy atom. The van der Waals surface area contributed by atoms with Crippen molar-refractivity contribution < 1.29 is 4.48 Å². The van der Waals surface area contributed by atoms with Crippen molar-refractivity contribution >= 4 is 15.9 Å². The third-order valence-corrected chi connectivity index (χ3v) is 4.78. The van der Waals surface area contributed by atoms with Gasteiger partial charge in [-0.25, -0.2) is 0 Å². The van der Waals surface area contributed by atoms with Crippen LogP contribution in [0.1, 0.15) is 78.6 Å². The average Bonchev–Trinajstić information content (AvgIpc) is 2.44. The minimum absolute atomic E-state index is 1.17. The SMILES string of the molecule is CCCCCC[N+](CCCC)(CCCC)CCCBr. The van der Waals surface area contributed by atoms with E-state index in [1.807, 2.05) is 0 Å². The van der Waals surface area contributed by atoms with Crippen LogP contribution in [-0.2, 0) is 0 Å². The molecule has 0 bridgehead atoms. The topological polar surface area (TPSA) is 0 Å². The number of alkyl halides is 1. The lowest BCUT2D eigenvalue weighted by atomic mass is 10.1. The Hall–Kier alpha value is 0.440. The van der Waals surface area contributed by atoms with E-state index in [4.69, 9.17) is 0 Å². The zero-order chi connectivity index (χ0) is 14.4. The summed E-state index contributed by atoms with van der Waals surface area (Å²) in [6.07, 6.45) is 12.5. The second-order valence-electron chi connectivity index (χ2n) is 6.05. The summed E-state index contributed by atoms with van der Waals surface area (Å²) in [5, 5.41) is 1.17. The molecule has 0 aromatic rings. The molecule has 0 atom stereocenters. The number of nitrogens with zero attached hydrogens (tertiary/aromatic N) is 1. The van der Waals surface area contributed by atoms with Crippen LogP contribution in [-0.4, -0.2) is 36.0 Å². The first kappa shape index (κ1) is 19.4. The predicted molar refractivity (Wildman–Crippen MR) is 92.1 cm³/mol. The Kier molecular flexibility index (Phi) is 13.7. The molecule has 0 saturated carbocycles. The zero-order valence-corrected chi connectivity index (χ0v) is 15.3. The minimum Gasteiger partial charge on any atom is -0.324 e. The molecule has 1 nitrogen and oxygen atoms in total. The second-order valence-corrected chi connectivity index (χ2v) is 6.84. The van der Waals surface area contributed by atoms with Crippen molar-refractivity contribution in [1.82, 2.24) is 0 Å². The maximum Gasteiger partial charge on any atom is 0.0794 e. The van der Waals surface area contributed by atoms with Gasteiger partial charge in [-0.2, -0.15) is 0 Å². The van der Waals surface area contributed by atoms with Crippen molar-refractivity contribution in [3.63, 3.8) is 0 Å². The van der Waals surface area contributed by atoms with Gasteiger partial charge >= 0.3 is 0 Å². The maximum absolute atomic E-state index is 3.62. The first-order valence-corrected chi connectivity index (χ1v) is 9.77. The molecule has 19 heavy (non-hydrogen) atoms. The lowest BCUT2D eigenvalue weighted by molar-refractivity contribution is -0.928. The molecule has 2 heteroatoms.